The van der Waals surface area contributed by atoms with Crippen molar-refractivity contribution >= 4 is 11.8 Å². The largest absolute Gasteiger partial charge is 0.497 e. The summed E-state index contributed by atoms with van der Waals surface area (Å²) in [5, 5.41) is 2.85. The van der Waals surface area contributed by atoms with Gasteiger partial charge in [-0.05, 0) is 24.8 Å². The molecule has 108 valence electrons. The lowest BCUT2D eigenvalue weighted by Crippen LogP contribution is -2.23. The Hall–Kier alpha value is -0.950. The topological polar surface area (TPSA) is 21.3 Å². The maximum atomic E-state index is 13.7. The van der Waals surface area contributed by atoms with E-state index in [0.29, 0.717) is 11.3 Å². The maximum absolute atomic E-state index is 13.7. The Kier molecular flexibility index (Phi) is 5.93. The first-order valence-electron chi connectivity index (χ1n) is 5.61. The number of hydrogen-bond acceptors (Lipinski definition) is 3. The number of hydrogen-bond donors (Lipinski definition) is 1. The molecular formula is C12H15F4NOS. The van der Waals surface area contributed by atoms with Crippen LogP contribution in [0, 0.1) is 5.82 Å². The SMILES string of the molecule is COc1ccc(C(C)NCCSC(F)(F)F)c(F)c1. The van der Waals surface area contributed by atoms with Gasteiger partial charge in [0.25, 0.3) is 0 Å². The van der Waals surface area contributed by atoms with Gasteiger partial charge in [0.2, 0.25) is 0 Å². The van der Waals surface area contributed by atoms with Crippen LogP contribution in [0.15, 0.2) is 18.2 Å². The molecule has 0 spiro atoms. The molecule has 2 nitrogen and oxygen atoms in total. The Bertz CT molecular complexity index is 411. The van der Waals surface area contributed by atoms with Gasteiger partial charge in [-0.1, -0.05) is 6.07 Å². The first kappa shape index (κ1) is 16.1. The van der Waals surface area contributed by atoms with Crippen LogP contribution in [0.4, 0.5) is 17.6 Å². The van der Waals surface area contributed by atoms with E-state index in [9.17, 15) is 17.6 Å². The Morgan fingerprint density at radius 1 is 1.37 bits per heavy atom. The second-order valence-corrected chi connectivity index (χ2v) is 5.02. The third-order valence-electron chi connectivity index (χ3n) is 2.49. The van der Waals surface area contributed by atoms with Crippen LogP contribution in [0.1, 0.15) is 18.5 Å². The van der Waals surface area contributed by atoms with Crippen LogP contribution in [0.25, 0.3) is 0 Å². The molecule has 1 N–H and O–H groups in total. The monoisotopic (exact) mass is 297 g/mol. The highest BCUT2D eigenvalue weighted by Crippen LogP contribution is 2.29. The summed E-state index contributed by atoms with van der Waals surface area (Å²) >= 11 is -0.0952. The van der Waals surface area contributed by atoms with Crippen molar-refractivity contribution in [2.75, 3.05) is 19.4 Å². The minimum atomic E-state index is -4.23. The molecule has 0 aromatic heterocycles. The van der Waals surface area contributed by atoms with E-state index >= 15 is 0 Å². The predicted octanol–water partition coefficient (Wildman–Crippen LogP) is 3.74. The van der Waals surface area contributed by atoms with Crippen LogP contribution in [0.2, 0.25) is 0 Å². The van der Waals surface area contributed by atoms with Crippen molar-refractivity contribution in [3.63, 3.8) is 0 Å². The van der Waals surface area contributed by atoms with Crippen molar-refractivity contribution in [2.45, 2.75) is 18.5 Å². The predicted molar refractivity (Wildman–Crippen MR) is 67.9 cm³/mol. The lowest BCUT2D eigenvalue weighted by atomic mass is 10.1. The Morgan fingerprint density at radius 3 is 2.58 bits per heavy atom. The van der Waals surface area contributed by atoms with Gasteiger partial charge in [0, 0.05) is 30.0 Å². The lowest BCUT2D eigenvalue weighted by molar-refractivity contribution is -0.0327. The van der Waals surface area contributed by atoms with E-state index in [2.05, 4.69) is 5.32 Å². The van der Waals surface area contributed by atoms with Crippen LogP contribution < -0.4 is 10.1 Å². The Labute approximate surface area is 113 Å². The molecule has 1 aromatic carbocycles. The third-order valence-corrected chi connectivity index (χ3v) is 3.23. The number of methoxy groups -OCH3 is 1. The van der Waals surface area contributed by atoms with E-state index in [4.69, 9.17) is 4.74 Å². The van der Waals surface area contributed by atoms with Crippen LogP contribution in [0.3, 0.4) is 0 Å². The van der Waals surface area contributed by atoms with Crippen LogP contribution in [-0.4, -0.2) is 24.9 Å². The van der Waals surface area contributed by atoms with Gasteiger partial charge in [-0.3, -0.25) is 0 Å². The summed E-state index contributed by atoms with van der Waals surface area (Å²) in [5.41, 5.74) is -3.83. The number of alkyl halides is 3. The fourth-order valence-electron chi connectivity index (χ4n) is 1.54. The Balaban J connectivity index is 2.47. The van der Waals surface area contributed by atoms with Gasteiger partial charge in [0.1, 0.15) is 11.6 Å². The van der Waals surface area contributed by atoms with Crippen LogP contribution in [-0.2, 0) is 0 Å². The molecular weight excluding hydrogens is 282 g/mol. The summed E-state index contributed by atoms with van der Waals surface area (Å²) in [6.45, 7) is 1.85. The van der Waals surface area contributed by atoms with Gasteiger partial charge < -0.3 is 10.1 Å². The van der Waals surface area contributed by atoms with Crippen molar-refractivity contribution in [1.29, 1.82) is 0 Å². The standard InChI is InChI=1S/C12H15F4NOS/c1-8(17-5-6-19-12(14,15)16)10-4-3-9(18-2)7-11(10)13/h3-4,7-8,17H,5-6H2,1-2H3. The molecule has 1 rings (SSSR count). The molecule has 1 aromatic rings. The smallest absolute Gasteiger partial charge is 0.441 e. The average Bonchev–Trinajstić information content (AvgIpc) is 2.33. The maximum Gasteiger partial charge on any atom is 0.441 e. The molecule has 0 saturated heterocycles. The van der Waals surface area contributed by atoms with E-state index in [1.165, 1.54) is 13.2 Å². The normalized spacial score (nSPS) is 13.4. The molecule has 1 unspecified atom stereocenters. The zero-order valence-corrected chi connectivity index (χ0v) is 11.4. The summed E-state index contributed by atoms with van der Waals surface area (Å²) in [5.74, 6) is -0.144. The van der Waals surface area contributed by atoms with Crippen molar-refractivity contribution in [2.24, 2.45) is 0 Å². The molecule has 0 aliphatic carbocycles. The molecule has 0 saturated carbocycles. The highest BCUT2D eigenvalue weighted by Gasteiger charge is 2.27. The van der Waals surface area contributed by atoms with Crippen molar-refractivity contribution in [3.8, 4) is 5.75 Å². The number of thioether (sulfide) groups is 1. The molecule has 0 aliphatic heterocycles. The number of rotatable bonds is 6. The average molecular weight is 297 g/mol. The van der Waals surface area contributed by atoms with E-state index < -0.39 is 11.3 Å². The van der Waals surface area contributed by atoms with Gasteiger partial charge in [0.05, 0.1) is 7.11 Å². The Morgan fingerprint density at radius 2 is 2.05 bits per heavy atom. The molecule has 19 heavy (non-hydrogen) atoms. The molecule has 1 atom stereocenters. The fourth-order valence-corrected chi connectivity index (χ4v) is 1.99. The third kappa shape index (κ3) is 5.69. The molecule has 0 fully saturated rings. The second kappa shape index (κ2) is 7.00. The van der Waals surface area contributed by atoms with E-state index in [1.807, 2.05) is 0 Å². The zero-order chi connectivity index (χ0) is 14.5. The summed E-state index contributed by atoms with van der Waals surface area (Å²) in [7, 11) is 1.44. The highest BCUT2D eigenvalue weighted by atomic mass is 32.2. The van der Waals surface area contributed by atoms with Crippen LogP contribution >= 0.6 is 11.8 Å². The summed E-state index contributed by atoms with van der Waals surface area (Å²) in [4.78, 5) is 0. The quantitative estimate of drug-likeness (QED) is 0.638. The molecule has 0 aliphatic rings. The number of nitrogens with one attached hydrogen (secondary N) is 1. The summed E-state index contributed by atoms with van der Waals surface area (Å²) < 4.78 is 54.3. The number of halogens is 4. The highest BCUT2D eigenvalue weighted by molar-refractivity contribution is 8.00. The van der Waals surface area contributed by atoms with Crippen molar-refractivity contribution in [1.82, 2.24) is 5.32 Å². The first-order valence-corrected chi connectivity index (χ1v) is 6.59. The first-order chi connectivity index (χ1) is 8.83. The van der Waals surface area contributed by atoms with Gasteiger partial charge in [-0.2, -0.15) is 13.2 Å². The fraction of sp³-hybridized carbons (Fsp3) is 0.500. The van der Waals surface area contributed by atoms with Gasteiger partial charge in [-0.25, -0.2) is 4.39 Å². The van der Waals surface area contributed by atoms with Crippen molar-refractivity contribution in [3.05, 3.63) is 29.6 Å². The lowest BCUT2D eigenvalue weighted by Gasteiger charge is -2.15. The minimum Gasteiger partial charge on any atom is -0.497 e. The van der Waals surface area contributed by atoms with E-state index in [-0.39, 0.29) is 30.1 Å². The van der Waals surface area contributed by atoms with Crippen molar-refractivity contribution < 1.29 is 22.3 Å². The minimum absolute atomic E-state index is 0.0952. The second-order valence-electron chi connectivity index (χ2n) is 3.86. The zero-order valence-electron chi connectivity index (χ0n) is 10.6. The summed E-state index contributed by atoms with van der Waals surface area (Å²) in [6.07, 6.45) is 0. The number of benzene rings is 1. The summed E-state index contributed by atoms with van der Waals surface area (Å²) in [6, 6.07) is 4.06. The molecule has 0 radical (unpaired) electrons. The van der Waals surface area contributed by atoms with Gasteiger partial charge in [0.15, 0.2) is 0 Å². The molecule has 7 heteroatoms. The molecule has 0 bridgehead atoms. The number of ether oxygens (including phenoxy) is 1. The van der Waals surface area contributed by atoms with Gasteiger partial charge in [-0.15, -0.1) is 0 Å². The molecule has 0 heterocycles. The molecule has 0 amide bonds. The van der Waals surface area contributed by atoms with Crippen LogP contribution in [0.5, 0.6) is 5.75 Å². The van der Waals surface area contributed by atoms with E-state index in [0.717, 1.165) is 0 Å². The van der Waals surface area contributed by atoms with E-state index in [1.54, 1.807) is 19.1 Å². The van der Waals surface area contributed by atoms with Gasteiger partial charge >= 0.3 is 5.51 Å².